The predicted octanol–water partition coefficient (Wildman–Crippen LogP) is 15.3. The fourth-order valence-corrected chi connectivity index (χ4v) is 10.8. The molecule has 0 fully saturated rings. The van der Waals surface area contributed by atoms with Crippen molar-refractivity contribution in [1.82, 2.24) is 19.5 Å². The predicted molar refractivity (Wildman–Crippen MR) is 255 cm³/mol. The number of para-hydroxylation sites is 4. The molecule has 0 bridgehead atoms. The van der Waals surface area contributed by atoms with Crippen molar-refractivity contribution >= 4 is 108 Å². The van der Waals surface area contributed by atoms with Crippen LogP contribution in [0.25, 0.3) is 136 Å². The summed E-state index contributed by atoms with van der Waals surface area (Å²) in [5, 5.41) is 11.2. The molecule has 0 N–H and O–H groups in total. The number of aromatic nitrogens is 4. The topological polar surface area (TPSA) is 69.9 Å². The van der Waals surface area contributed by atoms with Gasteiger partial charge in [-0.25, -0.2) is 15.0 Å². The normalized spacial score (nSPS) is 12.2. The summed E-state index contributed by atoms with van der Waals surface area (Å²) in [4.78, 5) is 16.3. The number of nitrogens with zero attached hydrogens (tertiary/aromatic N) is 4. The van der Waals surface area contributed by atoms with Crippen LogP contribution in [0.15, 0.2) is 191 Å². The van der Waals surface area contributed by atoms with E-state index in [0.717, 1.165) is 92.8 Å². The number of fused-ring (bicyclic) bond motifs is 13. The van der Waals surface area contributed by atoms with Crippen LogP contribution in [0.1, 0.15) is 0 Å². The second-order valence-corrected chi connectivity index (χ2v) is 17.0. The first-order valence-electron chi connectivity index (χ1n) is 20.7. The first kappa shape index (κ1) is 33.7. The molecule has 0 saturated heterocycles. The van der Waals surface area contributed by atoms with Crippen molar-refractivity contribution < 1.29 is 8.83 Å². The van der Waals surface area contributed by atoms with Crippen molar-refractivity contribution in [3.63, 3.8) is 0 Å². The maximum absolute atomic E-state index is 6.64. The smallest absolute Gasteiger partial charge is 0.167 e. The lowest BCUT2D eigenvalue weighted by atomic mass is 10.0. The number of hydrogen-bond donors (Lipinski definition) is 0. The van der Waals surface area contributed by atoms with Crippen LogP contribution in [0.2, 0.25) is 0 Å². The Bertz CT molecular complexity index is 4060. The van der Waals surface area contributed by atoms with Gasteiger partial charge in [0, 0.05) is 69.7 Å². The van der Waals surface area contributed by atoms with E-state index in [0.29, 0.717) is 17.5 Å². The molecule has 0 amide bonds. The SMILES string of the molecule is c1ccc2cc3c(cc2c1)c1ccccc1n3-c1cc2oc3ccccc3c2cc1-c1nc(-c2cccc3c2oc2ccccc23)nc(-c2cccc3c2sc2ccccc23)n1. The molecule has 9 aromatic carbocycles. The summed E-state index contributed by atoms with van der Waals surface area (Å²) in [5.74, 6) is 1.67. The van der Waals surface area contributed by atoms with Crippen LogP contribution < -0.4 is 0 Å². The Morgan fingerprint density at radius 2 is 0.968 bits per heavy atom. The van der Waals surface area contributed by atoms with Crippen molar-refractivity contribution in [3.8, 4) is 39.9 Å². The Morgan fingerprint density at radius 3 is 1.79 bits per heavy atom. The first-order chi connectivity index (χ1) is 30.7. The van der Waals surface area contributed by atoms with E-state index in [1.807, 2.05) is 30.3 Å². The van der Waals surface area contributed by atoms with Crippen molar-refractivity contribution in [1.29, 1.82) is 0 Å². The lowest BCUT2D eigenvalue weighted by Crippen LogP contribution is -2.04. The Kier molecular flexibility index (Phi) is 6.89. The Labute approximate surface area is 356 Å². The van der Waals surface area contributed by atoms with Gasteiger partial charge in [-0.15, -0.1) is 11.3 Å². The van der Waals surface area contributed by atoms with Gasteiger partial charge in [-0.3, -0.25) is 0 Å². The summed E-state index contributed by atoms with van der Waals surface area (Å²) < 4.78 is 18.0. The van der Waals surface area contributed by atoms with E-state index in [4.69, 9.17) is 23.8 Å². The van der Waals surface area contributed by atoms with E-state index in [9.17, 15) is 0 Å². The van der Waals surface area contributed by atoms with Gasteiger partial charge >= 0.3 is 0 Å². The molecule has 5 aromatic heterocycles. The molecule has 14 rings (SSSR count). The standard InChI is InChI=1S/C55H30N4O2S/c1-2-14-32-28-45-41(27-31(32)13-1)33-15-3-7-23-44(33)59(45)46-30-49-42(35-17-5-8-24-47(35)60-49)29-43(46)55-57-53(39-21-11-19-37-34-16-4-9-25-48(34)61-51(37)39)56-54(58-55)40-22-12-20-38-36-18-6-10-26-50(36)62-52(38)40/h1-30H. The Morgan fingerprint density at radius 1 is 0.371 bits per heavy atom. The van der Waals surface area contributed by atoms with Gasteiger partial charge in [0.25, 0.3) is 0 Å². The number of rotatable bonds is 4. The van der Waals surface area contributed by atoms with Crippen LogP contribution in [0.5, 0.6) is 0 Å². The first-order valence-corrected chi connectivity index (χ1v) is 21.5. The van der Waals surface area contributed by atoms with Gasteiger partial charge in [-0.2, -0.15) is 0 Å². The lowest BCUT2D eigenvalue weighted by molar-refractivity contribution is 0.668. The maximum atomic E-state index is 6.64. The third kappa shape index (κ3) is 4.82. The van der Waals surface area contributed by atoms with Crippen LogP contribution in [-0.4, -0.2) is 19.5 Å². The van der Waals surface area contributed by atoms with Crippen LogP contribution in [0, 0.1) is 0 Å². The number of thiophene rings is 1. The van der Waals surface area contributed by atoms with E-state index in [-0.39, 0.29) is 0 Å². The largest absolute Gasteiger partial charge is 0.456 e. The molecule has 0 aliphatic rings. The van der Waals surface area contributed by atoms with E-state index >= 15 is 0 Å². The summed E-state index contributed by atoms with van der Waals surface area (Å²) in [5.41, 5.74) is 8.83. The molecule has 0 aliphatic carbocycles. The molecular formula is C55H30N4O2S. The molecule has 0 aliphatic heterocycles. The van der Waals surface area contributed by atoms with E-state index in [1.54, 1.807) is 11.3 Å². The molecule has 5 heterocycles. The van der Waals surface area contributed by atoms with Crippen LogP contribution in [0.4, 0.5) is 0 Å². The number of benzene rings is 9. The molecule has 62 heavy (non-hydrogen) atoms. The average Bonchev–Trinajstić information content (AvgIpc) is 4.09. The van der Waals surface area contributed by atoms with Gasteiger partial charge < -0.3 is 13.4 Å². The minimum atomic E-state index is 0.532. The molecule has 7 heteroatoms. The fourth-order valence-electron chi connectivity index (χ4n) is 9.62. The Balaban J connectivity index is 1.13. The minimum Gasteiger partial charge on any atom is -0.456 e. The maximum Gasteiger partial charge on any atom is 0.167 e. The zero-order chi connectivity index (χ0) is 40.5. The molecule has 0 spiro atoms. The quantitative estimate of drug-likeness (QED) is 0.177. The highest BCUT2D eigenvalue weighted by Gasteiger charge is 2.24. The third-order valence-corrected chi connectivity index (χ3v) is 13.7. The van der Waals surface area contributed by atoms with Gasteiger partial charge in [0.15, 0.2) is 17.5 Å². The second-order valence-electron chi connectivity index (χ2n) is 15.9. The van der Waals surface area contributed by atoms with Crippen molar-refractivity contribution in [2.45, 2.75) is 0 Å². The van der Waals surface area contributed by atoms with E-state index < -0.39 is 0 Å². The van der Waals surface area contributed by atoms with Gasteiger partial charge in [0.05, 0.1) is 22.3 Å². The fraction of sp³-hybridized carbons (Fsp3) is 0. The number of furan rings is 2. The molecule has 0 unspecified atom stereocenters. The highest BCUT2D eigenvalue weighted by Crippen LogP contribution is 2.44. The highest BCUT2D eigenvalue weighted by molar-refractivity contribution is 7.26. The van der Waals surface area contributed by atoms with Gasteiger partial charge in [-0.1, -0.05) is 121 Å². The average molecular weight is 811 g/mol. The highest BCUT2D eigenvalue weighted by atomic mass is 32.1. The van der Waals surface area contributed by atoms with Crippen molar-refractivity contribution in [2.75, 3.05) is 0 Å². The summed E-state index contributed by atoms with van der Waals surface area (Å²) in [6.45, 7) is 0. The van der Waals surface area contributed by atoms with E-state index in [1.165, 1.54) is 26.2 Å². The van der Waals surface area contributed by atoms with Crippen molar-refractivity contribution in [3.05, 3.63) is 182 Å². The molecular weight excluding hydrogens is 781 g/mol. The van der Waals surface area contributed by atoms with Gasteiger partial charge in [0.2, 0.25) is 0 Å². The minimum absolute atomic E-state index is 0.532. The van der Waals surface area contributed by atoms with Crippen LogP contribution in [0.3, 0.4) is 0 Å². The summed E-state index contributed by atoms with van der Waals surface area (Å²) in [7, 11) is 0. The summed E-state index contributed by atoms with van der Waals surface area (Å²) >= 11 is 1.77. The molecule has 0 radical (unpaired) electrons. The zero-order valence-electron chi connectivity index (χ0n) is 32.8. The van der Waals surface area contributed by atoms with Gasteiger partial charge in [-0.05, 0) is 65.4 Å². The molecule has 0 atom stereocenters. The Hall–Kier alpha value is -8.13. The zero-order valence-corrected chi connectivity index (χ0v) is 33.7. The second kappa shape index (κ2) is 12.7. The van der Waals surface area contributed by atoms with Crippen LogP contribution >= 0.6 is 11.3 Å². The van der Waals surface area contributed by atoms with E-state index in [2.05, 4.69) is 156 Å². The summed E-state index contributed by atoms with van der Waals surface area (Å²) in [6.07, 6.45) is 0. The third-order valence-electron chi connectivity index (χ3n) is 12.4. The molecule has 14 aromatic rings. The molecule has 288 valence electrons. The van der Waals surface area contributed by atoms with Crippen molar-refractivity contribution in [2.24, 2.45) is 0 Å². The lowest BCUT2D eigenvalue weighted by Gasteiger charge is -2.15. The van der Waals surface area contributed by atoms with Gasteiger partial charge in [0.1, 0.15) is 22.3 Å². The van der Waals surface area contributed by atoms with Crippen LogP contribution in [-0.2, 0) is 0 Å². The summed E-state index contributed by atoms with van der Waals surface area (Å²) in [6, 6.07) is 63.8. The molecule has 0 saturated carbocycles. The molecule has 6 nitrogen and oxygen atoms in total. The number of hydrogen-bond acceptors (Lipinski definition) is 6. The monoisotopic (exact) mass is 810 g/mol.